The maximum absolute atomic E-state index is 13.3. The van der Waals surface area contributed by atoms with Crippen LogP contribution in [0.1, 0.15) is 58.4 Å². The van der Waals surface area contributed by atoms with Crippen molar-refractivity contribution in [1.29, 1.82) is 0 Å². The molecule has 0 unspecified atom stereocenters. The van der Waals surface area contributed by atoms with E-state index < -0.39 is 15.9 Å². The van der Waals surface area contributed by atoms with E-state index in [0.717, 1.165) is 17.5 Å². The van der Waals surface area contributed by atoms with Crippen LogP contribution in [0.4, 0.5) is 0 Å². The molecule has 1 N–H and O–H groups in total. The lowest BCUT2D eigenvalue weighted by molar-refractivity contribution is 0.0813. The van der Waals surface area contributed by atoms with Gasteiger partial charge in [0.2, 0.25) is 5.78 Å². The van der Waals surface area contributed by atoms with Gasteiger partial charge in [-0.1, -0.05) is 30.4 Å². The monoisotopic (exact) mass is 580 g/mol. The Bertz CT molecular complexity index is 1560. The largest absolute Gasteiger partial charge is 0.489 e. The van der Waals surface area contributed by atoms with Gasteiger partial charge in [0, 0.05) is 17.2 Å². The number of aryl methyl sites for hydroxylation is 3. The molecule has 8 nitrogen and oxygen atoms in total. The second-order valence-corrected chi connectivity index (χ2v) is 12.3. The molecule has 1 aliphatic heterocycles. The highest BCUT2D eigenvalue weighted by Gasteiger charge is 2.30. The van der Waals surface area contributed by atoms with Crippen molar-refractivity contribution in [2.45, 2.75) is 64.6 Å². The van der Waals surface area contributed by atoms with Crippen LogP contribution in [-0.2, 0) is 23.1 Å². The van der Waals surface area contributed by atoms with Crippen LogP contribution in [-0.4, -0.2) is 38.1 Å². The summed E-state index contributed by atoms with van der Waals surface area (Å²) in [5.74, 6) is 0.823. The number of hydrogen-bond donors (Lipinski definition) is 1. The molecule has 1 aliphatic rings. The van der Waals surface area contributed by atoms with E-state index in [0.29, 0.717) is 34.6 Å². The fourth-order valence-electron chi connectivity index (χ4n) is 5.07. The summed E-state index contributed by atoms with van der Waals surface area (Å²) < 4.78 is 49.6. The van der Waals surface area contributed by atoms with Gasteiger partial charge in [0.25, 0.3) is 0 Å². The van der Waals surface area contributed by atoms with E-state index in [-0.39, 0.29) is 47.4 Å². The molecular weight excluding hydrogens is 544 g/mol. The first-order valence-corrected chi connectivity index (χ1v) is 14.8. The molecule has 0 bridgehead atoms. The van der Waals surface area contributed by atoms with Crippen LogP contribution >= 0.6 is 0 Å². The molecule has 3 aromatic rings. The lowest BCUT2D eigenvalue weighted by atomic mass is 9.92. The van der Waals surface area contributed by atoms with E-state index >= 15 is 0 Å². The minimum atomic E-state index is -4.15. The first-order chi connectivity index (χ1) is 19.3. The van der Waals surface area contributed by atoms with Crippen LogP contribution in [0.15, 0.2) is 60.0 Å². The Morgan fingerprint density at radius 2 is 1.78 bits per heavy atom. The van der Waals surface area contributed by atoms with Gasteiger partial charge in [0.15, 0.2) is 6.61 Å². The summed E-state index contributed by atoms with van der Waals surface area (Å²) in [5.41, 5.74) is 3.32. The van der Waals surface area contributed by atoms with Crippen molar-refractivity contribution < 1.29 is 36.7 Å². The molecule has 0 saturated heterocycles. The molecule has 41 heavy (non-hydrogen) atoms. The van der Waals surface area contributed by atoms with Gasteiger partial charge >= 0.3 is 10.1 Å². The van der Waals surface area contributed by atoms with E-state index in [1.807, 2.05) is 26.8 Å². The molecule has 0 spiro atoms. The summed E-state index contributed by atoms with van der Waals surface area (Å²) in [5, 5.41) is 9.90. The van der Waals surface area contributed by atoms with Crippen molar-refractivity contribution in [3.05, 3.63) is 88.5 Å². The van der Waals surface area contributed by atoms with Gasteiger partial charge in [0.05, 0.1) is 12.2 Å². The molecule has 218 valence electrons. The number of fused-ring (bicyclic) bond motifs is 1. The minimum Gasteiger partial charge on any atom is -0.489 e. The fourth-order valence-corrected chi connectivity index (χ4v) is 6.41. The van der Waals surface area contributed by atoms with Crippen molar-refractivity contribution in [3.8, 4) is 23.0 Å². The molecule has 0 aromatic heterocycles. The van der Waals surface area contributed by atoms with E-state index in [1.165, 1.54) is 24.3 Å². The molecule has 0 aliphatic carbocycles. The van der Waals surface area contributed by atoms with Crippen molar-refractivity contribution in [2.24, 2.45) is 0 Å². The Morgan fingerprint density at radius 1 is 1.07 bits per heavy atom. The van der Waals surface area contributed by atoms with Gasteiger partial charge in [-0.25, -0.2) is 0 Å². The Labute approximate surface area is 241 Å². The summed E-state index contributed by atoms with van der Waals surface area (Å²) in [6.45, 7) is 12.5. The Hall–Kier alpha value is -3.82. The first-order valence-electron chi connectivity index (χ1n) is 13.4. The van der Waals surface area contributed by atoms with Crippen LogP contribution in [0, 0.1) is 20.8 Å². The van der Waals surface area contributed by atoms with E-state index in [4.69, 9.17) is 18.4 Å². The lowest BCUT2D eigenvalue weighted by Gasteiger charge is -2.33. The summed E-state index contributed by atoms with van der Waals surface area (Å²) in [4.78, 5) is 13.4. The second-order valence-electron chi connectivity index (χ2n) is 10.8. The molecule has 4 rings (SSSR count). The number of aliphatic hydroxyl groups excluding tert-OH is 1. The lowest BCUT2D eigenvalue weighted by Crippen LogP contribution is -2.33. The van der Waals surface area contributed by atoms with Crippen LogP contribution in [0.5, 0.6) is 23.0 Å². The molecular formula is C32H36O8S. The van der Waals surface area contributed by atoms with Crippen molar-refractivity contribution in [3.63, 3.8) is 0 Å². The van der Waals surface area contributed by atoms with Gasteiger partial charge in [-0.15, -0.1) is 0 Å². The predicted octanol–water partition coefficient (Wildman–Crippen LogP) is 5.80. The summed E-state index contributed by atoms with van der Waals surface area (Å²) in [7, 11) is -4.15. The Morgan fingerprint density at radius 3 is 2.44 bits per heavy atom. The van der Waals surface area contributed by atoms with Crippen molar-refractivity contribution in [2.75, 3.05) is 13.2 Å². The number of rotatable bonds is 11. The average molecular weight is 581 g/mol. The van der Waals surface area contributed by atoms with E-state index in [2.05, 4.69) is 6.58 Å². The SMILES string of the molecule is C=CCOc1cc(OS(=O)(=O)c2c(C)cc(C)cc2C)ccc1C(=O)COc1c(CO)ccc2c1CCC(C)(C)O2. The second kappa shape index (κ2) is 12.0. The first kappa shape index (κ1) is 30.1. The number of carbonyl (C=O) groups excluding carboxylic acids is 1. The van der Waals surface area contributed by atoms with Gasteiger partial charge in [0.1, 0.15) is 40.1 Å². The molecule has 0 fully saturated rings. The van der Waals surface area contributed by atoms with Crippen molar-refractivity contribution in [1.82, 2.24) is 0 Å². The van der Waals surface area contributed by atoms with Crippen LogP contribution in [0.3, 0.4) is 0 Å². The third-order valence-electron chi connectivity index (χ3n) is 6.85. The predicted molar refractivity (Wildman–Crippen MR) is 156 cm³/mol. The molecule has 1 heterocycles. The molecule has 3 aromatic carbocycles. The van der Waals surface area contributed by atoms with E-state index in [9.17, 15) is 18.3 Å². The standard InChI is InChI=1S/C32H36O8S/c1-7-14-37-29-17-24(40-41(35,36)31-21(3)15-20(2)16-22(31)4)9-10-25(29)27(34)19-38-30-23(18-33)8-11-28-26(30)12-13-32(5,6)39-28/h7-11,15-17,33H,1,12-14,18-19H2,2-6H3. The van der Waals surface area contributed by atoms with Crippen LogP contribution in [0.2, 0.25) is 0 Å². The molecule has 0 atom stereocenters. The third kappa shape index (κ3) is 6.74. The average Bonchev–Trinajstić information content (AvgIpc) is 2.88. The number of carbonyl (C=O) groups is 1. The summed E-state index contributed by atoms with van der Waals surface area (Å²) in [6.07, 6.45) is 2.94. The van der Waals surface area contributed by atoms with Crippen LogP contribution < -0.4 is 18.4 Å². The minimum absolute atomic E-state index is 0.000338. The van der Waals surface area contributed by atoms with Gasteiger partial charge in [-0.3, -0.25) is 4.79 Å². The number of benzene rings is 3. The van der Waals surface area contributed by atoms with Gasteiger partial charge < -0.3 is 23.5 Å². The number of aliphatic hydroxyl groups is 1. The van der Waals surface area contributed by atoms with Crippen molar-refractivity contribution >= 4 is 15.9 Å². The molecule has 0 radical (unpaired) electrons. The Balaban J connectivity index is 1.59. The maximum Gasteiger partial charge on any atom is 0.339 e. The molecule has 0 saturated carbocycles. The molecule has 9 heteroatoms. The maximum atomic E-state index is 13.3. The highest BCUT2D eigenvalue weighted by Crippen LogP contribution is 2.40. The zero-order valence-electron chi connectivity index (χ0n) is 24.1. The van der Waals surface area contributed by atoms with Crippen LogP contribution in [0.25, 0.3) is 0 Å². The number of ketones is 1. The quantitative estimate of drug-likeness (QED) is 0.172. The highest BCUT2D eigenvalue weighted by atomic mass is 32.2. The zero-order chi connectivity index (χ0) is 29.9. The van der Waals surface area contributed by atoms with Gasteiger partial charge in [-0.2, -0.15) is 8.42 Å². The Kier molecular flexibility index (Phi) is 8.80. The molecule has 0 amide bonds. The third-order valence-corrected chi connectivity index (χ3v) is 8.41. The number of Topliss-reactive ketones (excluding diaryl/α,β-unsaturated/α-hetero) is 1. The number of ether oxygens (including phenoxy) is 3. The number of hydrogen-bond acceptors (Lipinski definition) is 8. The summed E-state index contributed by atoms with van der Waals surface area (Å²) in [6, 6.07) is 11.3. The topological polar surface area (TPSA) is 108 Å². The normalized spacial score (nSPS) is 14.0. The zero-order valence-corrected chi connectivity index (χ0v) is 24.9. The highest BCUT2D eigenvalue weighted by molar-refractivity contribution is 7.87. The summed E-state index contributed by atoms with van der Waals surface area (Å²) >= 11 is 0. The fraction of sp³-hybridized carbons (Fsp3) is 0.344. The van der Waals surface area contributed by atoms with E-state index in [1.54, 1.807) is 32.0 Å². The smallest absolute Gasteiger partial charge is 0.339 e. The van der Waals surface area contributed by atoms with Gasteiger partial charge in [-0.05, 0) is 82.9 Å².